The number of rotatable bonds is 1. The van der Waals surface area contributed by atoms with Crippen molar-refractivity contribution in [3.63, 3.8) is 0 Å². The van der Waals surface area contributed by atoms with E-state index < -0.39 is 0 Å². The van der Waals surface area contributed by atoms with E-state index in [1.54, 1.807) is 11.5 Å². The number of pyridine rings is 1. The van der Waals surface area contributed by atoms with Crippen molar-refractivity contribution < 1.29 is 4.57 Å². The van der Waals surface area contributed by atoms with E-state index >= 15 is 0 Å². The van der Waals surface area contributed by atoms with Crippen LogP contribution in [0.4, 0.5) is 0 Å². The average molecular weight is 330 g/mol. The Bertz CT molecular complexity index is 1230. The molecule has 0 atom stereocenters. The van der Waals surface area contributed by atoms with Gasteiger partial charge in [0.05, 0.1) is 0 Å². The molecule has 3 nitrogen and oxygen atoms in total. The highest BCUT2D eigenvalue weighted by Gasteiger charge is 2.18. The van der Waals surface area contributed by atoms with Crippen molar-refractivity contribution in [2.75, 3.05) is 0 Å². The van der Waals surface area contributed by atoms with E-state index in [1.165, 1.54) is 27.6 Å². The maximum absolute atomic E-state index is 4.75. The summed E-state index contributed by atoms with van der Waals surface area (Å²) in [5.41, 5.74) is 6.98. The second-order valence-electron chi connectivity index (χ2n) is 6.17. The standard InChI is InChI=1S/C20H16N3S/c1-13-15-6-4-3-5-14(15)7-8-16(13)18-11-17-19(12-22(18)2)23-20(21-17)9-10-24-23/h3-12H,1-2H3/q+1. The fourth-order valence-electron chi connectivity index (χ4n) is 3.50. The maximum Gasteiger partial charge on any atom is 0.214 e. The third kappa shape index (κ3) is 1.83. The van der Waals surface area contributed by atoms with E-state index in [2.05, 4.69) is 82.4 Å². The Hall–Kier alpha value is -2.72. The minimum absolute atomic E-state index is 1.02. The van der Waals surface area contributed by atoms with E-state index in [0.29, 0.717) is 0 Å². The lowest BCUT2D eigenvalue weighted by molar-refractivity contribution is -0.659. The van der Waals surface area contributed by atoms with Crippen molar-refractivity contribution in [2.24, 2.45) is 7.05 Å². The van der Waals surface area contributed by atoms with Crippen LogP contribution in [0.3, 0.4) is 0 Å². The molecule has 0 amide bonds. The van der Waals surface area contributed by atoms with Gasteiger partial charge >= 0.3 is 0 Å². The van der Waals surface area contributed by atoms with Gasteiger partial charge in [0.2, 0.25) is 5.69 Å². The zero-order chi connectivity index (χ0) is 16.3. The molecule has 0 saturated heterocycles. The lowest BCUT2D eigenvalue weighted by Crippen LogP contribution is -2.30. The monoisotopic (exact) mass is 330 g/mol. The number of imidazole rings is 1. The molecule has 0 spiro atoms. The highest BCUT2D eigenvalue weighted by molar-refractivity contribution is 7.05. The van der Waals surface area contributed by atoms with Gasteiger partial charge in [0.25, 0.3) is 0 Å². The molecule has 3 heterocycles. The van der Waals surface area contributed by atoms with Crippen molar-refractivity contribution in [2.45, 2.75) is 6.92 Å². The van der Waals surface area contributed by atoms with Crippen LogP contribution in [0.2, 0.25) is 0 Å². The van der Waals surface area contributed by atoms with Crippen molar-refractivity contribution in [1.29, 1.82) is 0 Å². The predicted molar refractivity (Wildman–Crippen MR) is 99.4 cm³/mol. The van der Waals surface area contributed by atoms with Gasteiger partial charge in [-0.1, -0.05) is 41.9 Å². The third-order valence-electron chi connectivity index (χ3n) is 4.75. The van der Waals surface area contributed by atoms with Gasteiger partial charge in [-0.25, -0.2) is 8.77 Å². The average Bonchev–Trinajstić information content (AvgIpc) is 3.17. The smallest absolute Gasteiger partial charge is 0.214 e. The molecule has 0 radical (unpaired) electrons. The van der Waals surface area contributed by atoms with Gasteiger partial charge in [-0.15, -0.1) is 0 Å². The first kappa shape index (κ1) is 13.7. The van der Waals surface area contributed by atoms with Crippen LogP contribution in [-0.4, -0.2) is 8.77 Å². The first-order chi connectivity index (χ1) is 11.7. The minimum atomic E-state index is 1.02. The molecule has 2 aromatic carbocycles. The number of fused-ring (bicyclic) bond motifs is 4. The molecule has 0 unspecified atom stereocenters. The molecule has 24 heavy (non-hydrogen) atoms. The quantitative estimate of drug-likeness (QED) is 0.415. The molecule has 0 aliphatic rings. The molecule has 5 rings (SSSR count). The first-order valence-electron chi connectivity index (χ1n) is 7.97. The first-order valence-corrected chi connectivity index (χ1v) is 8.80. The molecule has 0 saturated carbocycles. The molecular formula is C20H16N3S+. The van der Waals surface area contributed by atoms with Gasteiger partial charge in [0.15, 0.2) is 6.20 Å². The summed E-state index contributed by atoms with van der Waals surface area (Å²) in [7, 11) is 2.11. The summed E-state index contributed by atoms with van der Waals surface area (Å²) >= 11 is 1.68. The van der Waals surface area contributed by atoms with Crippen LogP contribution in [0.15, 0.2) is 60.1 Å². The normalized spacial score (nSPS) is 11.8. The molecule has 0 fully saturated rings. The van der Waals surface area contributed by atoms with Crippen molar-refractivity contribution in [1.82, 2.24) is 8.77 Å². The Morgan fingerprint density at radius 3 is 2.88 bits per heavy atom. The number of nitrogens with zero attached hydrogens (tertiary/aromatic N) is 3. The van der Waals surface area contributed by atoms with Gasteiger partial charge in [0.1, 0.15) is 23.7 Å². The van der Waals surface area contributed by atoms with Crippen LogP contribution in [-0.2, 0) is 7.05 Å². The molecule has 116 valence electrons. The molecule has 5 aromatic rings. The summed E-state index contributed by atoms with van der Waals surface area (Å²) in [5.74, 6) is 0. The second kappa shape index (κ2) is 4.89. The summed E-state index contributed by atoms with van der Waals surface area (Å²) in [5, 5.41) is 4.66. The van der Waals surface area contributed by atoms with Crippen LogP contribution < -0.4 is 4.57 Å². The van der Waals surface area contributed by atoms with Crippen molar-refractivity contribution in [3.05, 3.63) is 65.7 Å². The van der Waals surface area contributed by atoms with Crippen molar-refractivity contribution >= 4 is 39.0 Å². The Kier molecular flexibility index (Phi) is 2.79. The summed E-state index contributed by atoms with van der Waals surface area (Å²) in [6.45, 7) is 2.20. The lowest BCUT2D eigenvalue weighted by Gasteiger charge is -2.08. The van der Waals surface area contributed by atoms with Crippen LogP contribution in [0.25, 0.3) is 38.7 Å². The number of hydrogen-bond acceptors (Lipinski definition) is 2. The van der Waals surface area contributed by atoms with Crippen LogP contribution in [0, 0.1) is 6.92 Å². The Morgan fingerprint density at radius 2 is 1.96 bits per heavy atom. The molecular weight excluding hydrogens is 314 g/mol. The van der Waals surface area contributed by atoms with Gasteiger partial charge in [0, 0.05) is 17.0 Å². The van der Waals surface area contributed by atoms with E-state index in [4.69, 9.17) is 4.98 Å². The molecule has 0 N–H and O–H groups in total. The van der Waals surface area contributed by atoms with Crippen LogP contribution in [0.1, 0.15) is 5.56 Å². The highest BCUT2D eigenvalue weighted by Crippen LogP contribution is 2.29. The number of benzene rings is 2. The summed E-state index contributed by atoms with van der Waals surface area (Å²) in [4.78, 5) is 4.75. The molecule has 3 aromatic heterocycles. The van der Waals surface area contributed by atoms with E-state index in [1.807, 2.05) is 0 Å². The van der Waals surface area contributed by atoms with Gasteiger partial charge in [-0.3, -0.25) is 0 Å². The van der Waals surface area contributed by atoms with E-state index in [0.717, 1.165) is 16.7 Å². The number of aromatic nitrogens is 3. The Labute approximate surface area is 143 Å². The zero-order valence-corrected chi connectivity index (χ0v) is 14.3. The summed E-state index contributed by atoms with van der Waals surface area (Å²) in [6.07, 6.45) is 2.18. The van der Waals surface area contributed by atoms with Gasteiger partial charge < -0.3 is 0 Å². The molecule has 0 bridgehead atoms. The fraction of sp³-hybridized carbons (Fsp3) is 0.100. The Balaban J connectivity index is 1.82. The van der Waals surface area contributed by atoms with Crippen LogP contribution >= 0.6 is 11.5 Å². The zero-order valence-electron chi connectivity index (χ0n) is 13.5. The summed E-state index contributed by atoms with van der Waals surface area (Å²) in [6, 6.07) is 17.2. The highest BCUT2D eigenvalue weighted by atomic mass is 32.1. The molecule has 0 aliphatic carbocycles. The van der Waals surface area contributed by atoms with E-state index in [-0.39, 0.29) is 0 Å². The molecule has 0 aliphatic heterocycles. The predicted octanol–water partition coefficient (Wildman–Crippen LogP) is 4.50. The SMILES string of the molecule is Cc1c(-c2cc3nc4ccsn4c3c[n+]2C)ccc2ccccc12. The summed E-state index contributed by atoms with van der Waals surface area (Å²) < 4.78 is 4.37. The fourth-order valence-corrected chi connectivity index (χ4v) is 4.27. The van der Waals surface area contributed by atoms with Gasteiger partial charge in [-0.05, 0) is 35.4 Å². The van der Waals surface area contributed by atoms with E-state index in [9.17, 15) is 0 Å². The Morgan fingerprint density at radius 1 is 1.08 bits per heavy atom. The second-order valence-corrected chi connectivity index (χ2v) is 7.02. The minimum Gasteiger partial charge on any atom is -0.241 e. The molecule has 4 heteroatoms. The van der Waals surface area contributed by atoms with Crippen LogP contribution in [0.5, 0.6) is 0 Å². The topological polar surface area (TPSA) is 21.2 Å². The third-order valence-corrected chi connectivity index (χ3v) is 5.60. The van der Waals surface area contributed by atoms with Gasteiger partial charge in [-0.2, -0.15) is 4.57 Å². The lowest BCUT2D eigenvalue weighted by atomic mass is 9.97. The van der Waals surface area contributed by atoms with Crippen molar-refractivity contribution in [3.8, 4) is 11.3 Å². The largest absolute Gasteiger partial charge is 0.241 e. The number of aryl methyl sites for hydroxylation is 2. The number of hydrogen-bond donors (Lipinski definition) is 0. The maximum atomic E-state index is 4.75.